The van der Waals surface area contributed by atoms with E-state index in [-0.39, 0.29) is 17.4 Å². The number of benzene rings is 1. The van der Waals surface area contributed by atoms with E-state index in [4.69, 9.17) is 0 Å². The van der Waals surface area contributed by atoms with Crippen molar-refractivity contribution >= 4 is 33.2 Å². The lowest BCUT2D eigenvalue weighted by molar-refractivity contribution is -0.123. The number of fused-ring (bicyclic) bond motifs is 1. The highest BCUT2D eigenvalue weighted by Gasteiger charge is 2.24. The van der Waals surface area contributed by atoms with Crippen molar-refractivity contribution in [1.82, 2.24) is 4.72 Å². The minimum atomic E-state index is -3.68. The molecule has 3 rings (SSSR count). The number of sulfonamides is 1. The molecule has 0 spiro atoms. The van der Waals surface area contributed by atoms with Crippen LogP contribution in [0.4, 0.5) is 11.4 Å². The summed E-state index contributed by atoms with van der Waals surface area (Å²) < 4.78 is 28.2. The summed E-state index contributed by atoms with van der Waals surface area (Å²) in [7, 11) is -3.68. The van der Waals surface area contributed by atoms with E-state index in [9.17, 15) is 18.0 Å². The van der Waals surface area contributed by atoms with Gasteiger partial charge in [0, 0.05) is 6.04 Å². The molecule has 0 radical (unpaired) electrons. The minimum Gasteiger partial charge on any atom is -0.324 e. The van der Waals surface area contributed by atoms with Crippen LogP contribution in [0.2, 0.25) is 0 Å². The van der Waals surface area contributed by atoms with Crippen LogP contribution in [0.15, 0.2) is 23.1 Å². The van der Waals surface area contributed by atoms with Crippen molar-refractivity contribution in [2.75, 3.05) is 10.6 Å². The standard InChI is InChI=1S/C17H23N3O4S/c21-16-11-17(22)19-15-10-13(8-9-14(15)18-16)25(23,24)20-12-6-4-2-1-3-5-7-12/h8-10,12,20H,1-7,11H2,(H,18,21)(H,19,22). The summed E-state index contributed by atoms with van der Waals surface area (Å²) in [6, 6.07) is 4.29. The van der Waals surface area contributed by atoms with Crippen molar-refractivity contribution < 1.29 is 18.0 Å². The predicted octanol–water partition coefficient (Wildman–Crippen LogP) is 2.36. The van der Waals surface area contributed by atoms with E-state index in [1.54, 1.807) is 0 Å². The van der Waals surface area contributed by atoms with E-state index in [1.165, 1.54) is 24.6 Å². The van der Waals surface area contributed by atoms with Gasteiger partial charge >= 0.3 is 0 Å². The van der Waals surface area contributed by atoms with Gasteiger partial charge in [0.1, 0.15) is 6.42 Å². The molecular formula is C17H23N3O4S. The van der Waals surface area contributed by atoms with Crippen molar-refractivity contribution in [1.29, 1.82) is 0 Å². The number of carbonyl (C=O) groups excluding carboxylic acids is 2. The van der Waals surface area contributed by atoms with Gasteiger partial charge in [-0.15, -0.1) is 0 Å². The van der Waals surface area contributed by atoms with Crippen LogP contribution in [0, 0.1) is 0 Å². The second kappa shape index (κ2) is 7.53. The molecule has 2 aliphatic rings. The highest BCUT2D eigenvalue weighted by molar-refractivity contribution is 7.89. The summed E-state index contributed by atoms with van der Waals surface area (Å²) in [6.07, 6.45) is 6.96. The van der Waals surface area contributed by atoms with Crippen molar-refractivity contribution in [2.45, 2.75) is 62.3 Å². The first-order valence-corrected chi connectivity index (χ1v) is 10.2. The second-order valence-electron chi connectivity index (χ2n) is 6.64. The van der Waals surface area contributed by atoms with E-state index in [0.717, 1.165) is 38.5 Å². The number of carbonyl (C=O) groups is 2. The number of rotatable bonds is 3. The van der Waals surface area contributed by atoms with Gasteiger partial charge in [-0.25, -0.2) is 13.1 Å². The maximum absolute atomic E-state index is 12.7. The Hall–Kier alpha value is -1.93. The van der Waals surface area contributed by atoms with E-state index >= 15 is 0 Å². The molecule has 0 bridgehead atoms. The Morgan fingerprint density at radius 2 is 1.48 bits per heavy atom. The smallest absolute Gasteiger partial charge is 0.240 e. The lowest BCUT2D eigenvalue weighted by atomic mass is 9.97. The maximum atomic E-state index is 12.7. The van der Waals surface area contributed by atoms with E-state index in [1.807, 2.05) is 0 Å². The molecule has 1 aromatic rings. The fourth-order valence-electron chi connectivity index (χ4n) is 3.30. The van der Waals surface area contributed by atoms with Gasteiger partial charge in [-0.2, -0.15) is 0 Å². The van der Waals surface area contributed by atoms with Gasteiger partial charge in [0.25, 0.3) is 0 Å². The molecule has 1 fully saturated rings. The summed E-state index contributed by atoms with van der Waals surface area (Å²) in [6.45, 7) is 0. The van der Waals surface area contributed by atoms with E-state index in [0.29, 0.717) is 11.4 Å². The van der Waals surface area contributed by atoms with Crippen LogP contribution in [0.25, 0.3) is 0 Å². The van der Waals surface area contributed by atoms with Gasteiger partial charge in [-0.05, 0) is 31.0 Å². The first-order valence-electron chi connectivity index (χ1n) is 8.70. The zero-order valence-corrected chi connectivity index (χ0v) is 14.8. The van der Waals surface area contributed by atoms with Crippen LogP contribution < -0.4 is 15.4 Å². The van der Waals surface area contributed by atoms with Crippen LogP contribution in [-0.2, 0) is 19.6 Å². The Morgan fingerprint density at radius 3 is 2.16 bits per heavy atom. The highest BCUT2D eigenvalue weighted by atomic mass is 32.2. The molecule has 3 N–H and O–H groups in total. The molecule has 8 heteroatoms. The Kier molecular flexibility index (Phi) is 5.39. The fourth-order valence-corrected chi connectivity index (χ4v) is 4.63. The molecular weight excluding hydrogens is 342 g/mol. The molecule has 25 heavy (non-hydrogen) atoms. The van der Waals surface area contributed by atoms with Gasteiger partial charge in [0.05, 0.1) is 16.3 Å². The van der Waals surface area contributed by atoms with Crippen LogP contribution in [0.3, 0.4) is 0 Å². The van der Waals surface area contributed by atoms with E-state index < -0.39 is 21.8 Å². The third-order valence-corrected chi connectivity index (χ3v) is 6.12. The molecule has 136 valence electrons. The molecule has 2 amide bonds. The lowest BCUT2D eigenvalue weighted by Crippen LogP contribution is -2.35. The Labute approximate surface area is 147 Å². The quantitative estimate of drug-likeness (QED) is 0.715. The number of anilines is 2. The topological polar surface area (TPSA) is 104 Å². The summed E-state index contributed by atoms with van der Waals surface area (Å²) in [5, 5.41) is 5.16. The van der Waals surface area contributed by atoms with Gasteiger partial charge in [-0.3, -0.25) is 9.59 Å². The number of amides is 2. The summed E-state index contributed by atoms with van der Waals surface area (Å²) >= 11 is 0. The summed E-state index contributed by atoms with van der Waals surface area (Å²) in [4.78, 5) is 23.3. The number of hydrogen-bond donors (Lipinski definition) is 3. The van der Waals surface area contributed by atoms with Crippen molar-refractivity contribution in [3.8, 4) is 0 Å². The normalized spacial score (nSPS) is 19.8. The number of hydrogen-bond acceptors (Lipinski definition) is 4. The van der Waals surface area contributed by atoms with Gasteiger partial charge in [0.15, 0.2) is 0 Å². The Balaban J connectivity index is 1.80. The molecule has 0 atom stereocenters. The zero-order chi connectivity index (χ0) is 17.9. The van der Waals surface area contributed by atoms with Crippen LogP contribution in [-0.4, -0.2) is 26.3 Å². The van der Waals surface area contributed by atoms with Crippen molar-refractivity contribution in [2.24, 2.45) is 0 Å². The molecule has 0 aromatic heterocycles. The van der Waals surface area contributed by atoms with Crippen molar-refractivity contribution in [3.63, 3.8) is 0 Å². The average Bonchev–Trinajstić information content (AvgIpc) is 2.65. The molecule has 1 aliphatic heterocycles. The molecule has 0 saturated heterocycles. The lowest BCUT2D eigenvalue weighted by Gasteiger charge is -2.21. The van der Waals surface area contributed by atoms with Crippen LogP contribution in [0.5, 0.6) is 0 Å². The predicted molar refractivity (Wildman–Crippen MR) is 94.7 cm³/mol. The molecule has 1 aromatic carbocycles. The highest BCUT2D eigenvalue weighted by Crippen LogP contribution is 2.28. The van der Waals surface area contributed by atoms with Crippen LogP contribution in [0.1, 0.15) is 51.4 Å². The largest absolute Gasteiger partial charge is 0.324 e. The van der Waals surface area contributed by atoms with Gasteiger partial charge < -0.3 is 10.6 Å². The minimum absolute atomic E-state index is 0.0570. The molecule has 1 saturated carbocycles. The van der Waals surface area contributed by atoms with Crippen LogP contribution >= 0.6 is 0 Å². The van der Waals surface area contributed by atoms with Gasteiger partial charge in [-0.1, -0.05) is 32.1 Å². The first kappa shape index (κ1) is 17.9. The maximum Gasteiger partial charge on any atom is 0.240 e. The average molecular weight is 365 g/mol. The molecule has 1 aliphatic carbocycles. The SMILES string of the molecule is O=C1CC(=O)Nc2cc(S(=O)(=O)NC3CCCCCCC3)ccc2N1. The van der Waals surface area contributed by atoms with Gasteiger partial charge in [0.2, 0.25) is 21.8 Å². The van der Waals surface area contributed by atoms with Crippen molar-refractivity contribution in [3.05, 3.63) is 18.2 Å². The third kappa shape index (κ3) is 4.58. The monoisotopic (exact) mass is 365 g/mol. The fraction of sp³-hybridized carbons (Fsp3) is 0.529. The first-order chi connectivity index (χ1) is 11.9. The second-order valence-corrected chi connectivity index (χ2v) is 8.36. The Bertz CT molecular complexity index is 768. The summed E-state index contributed by atoms with van der Waals surface area (Å²) in [5.41, 5.74) is 0.706. The third-order valence-electron chi connectivity index (χ3n) is 4.60. The molecule has 1 heterocycles. The summed E-state index contributed by atoms with van der Waals surface area (Å²) in [5.74, 6) is -0.877. The molecule has 0 unspecified atom stereocenters. The number of nitrogens with one attached hydrogen (secondary N) is 3. The molecule has 7 nitrogen and oxygen atoms in total. The van der Waals surface area contributed by atoms with E-state index in [2.05, 4.69) is 15.4 Å². The Morgan fingerprint density at radius 1 is 0.880 bits per heavy atom. The zero-order valence-electron chi connectivity index (χ0n) is 14.0.